The summed E-state index contributed by atoms with van der Waals surface area (Å²) in [6.45, 7) is 5.07. The highest BCUT2D eigenvalue weighted by Crippen LogP contribution is 2.26. The van der Waals surface area contributed by atoms with E-state index in [1.807, 2.05) is 30.0 Å². The molecule has 2 rings (SSSR count). The Morgan fingerprint density at radius 3 is 3.00 bits per heavy atom. The number of hydrogen-bond acceptors (Lipinski definition) is 1. The Labute approximate surface area is 111 Å². The number of aryl methyl sites for hydroxylation is 1. The molecule has 0 aliphatic carbocycles. The summed E-state index contributed by atoms with van der Waals surface area (Å²) in [7, 11) is 0. The van der Waals surface area contributed by atoms with Gasteiger partial charge >= 0.3 is 0 Å². The van der Waals surface area contributed by atoms with Crippen molar-refractivity contribution in [1.82, 2.24) is 4.90 Å². The third-order valence-corrected chi connectivity index (χ3v) is 4.15. The van der Waals surface area contributed by atoms with Gasteiger partial charge in [-0.3, -0.25) is 4.79 Å². The first-order valence-electron chi connectivity index (χ1n) is 6.20. The second-order valence-electron chi connectivity index (χ2n) is 4.69. The van der Waals surface area contributed by atoms with Gasteiger partial charge in [0.15, 0.2) is 0 Å². The van der Waals surface area contributed by atoms with Crippen LogP contribution in [0.5, 0.6) is 0 Å². The summed E-state index contributed by atoms with van der Waals surface area (Å²) >= 11 is 3.47. The molecule has 1 fully saturated rings. The van der Waals surface area contributed by atoms with Crippen molar-refractivity contribution < 1.29 is 4.79 Å². The van der Waals surface area contributed by atoms with E-state index in [9.17, 15) is 4.79 Å². The van der Waals surface area contributed by atoms with Gasteiger partial charge in [-0.05, 0) is 54.2 Å². The summed E-state index contributed by atoms with van der Waals surface area (Å²) < 4.78 is 0.898. The molecule has 0 radical (unpaired) electrons. The Hall–Kier alpha value is -0.830. The highest BCUT2D eigenvalue weighted by molar-refractivity contribution is 9.10. The molecular formula is C14H18BrNO. The lowest BCUT2D eigenvalue weighted by Gasteiger charge is -2.24. The van der Waals surface area contributed by atoms with Gasteiger partial charge in [0, 0.05) is 17.1 Å². The lowest BCUT2D eigenvalue weighted by atomic mass is 10.1. The fourth-order valence-corrected chi connectivity index (χ4v) is 2.90. The van der Waals surface area contributed by atoms with Crippen LogP contribution in [0.3, 0.4) is 0 Å². The molecule has 1 saturated heterocycles. The predicted molar refractivity (Wildman–Crippen MR) is 73.2 cm³/mol. The van der Waals surface area contributed by atoms with Crippen molar-refractivity contribution in [3.8, 4) is 0 Å². The Balaban J connectivity index is 2.27. The van der Waals surface area contributed by atoms with Gasteiger partial charge in [-0.25, -0.2) is 0 Å². The molecule has 1 unspecified atom stereocenters. The Bertz CT molecular complexity index is 430. The van der Waals surface area contributed by atoms with Gasteiger partial charge in [-0.15, -0.1) is 0 Å². The zero-order valence-electron chi connectivity index (χ0n) is 10.4. The highest BCUT2D eigenvalue weighted by Gasteiger charge is 2.28. The molecule has 1 aromatic rings. The Morgan fingerprint density at radius 1 is 1.53 bits per heavy atom. The Morgan fingerprint density at radius 2 is 2.29 bits per heavy atom. The van der Waals surface area contributed by atoms with Crippen molar-refractivity contribution in [1.29, 1.82) is 0 Å². The number of benzene rings is 1. The van der Waals surface area contributed by atoms with Crippen LogP contribution in [0.2, 0.25) is 0 Å². The molecule has 1 aliphatic heterocycles. The van der Waals surface area contributed by atoms with Crippen LogP contribution in [0.1, 0.15) is 42.1 Å². The zero-order chi connectivity index (χ0) is 12.4. The van der Waals surface area contributed by atoms with Crippen LogP contribution in [0.4, 0.5) is 0 Å². The minimum atomic E-state index is 0.171. The van der Waals surface area contributed by atoms with Crippen molar-refractivity contribution in [2.24, 2.45) is 0 Å². The van der Waals surface area contributed by atoms with E-state index in [-0.39, 0.29) is 5.91 Å². The van der Waals surface area contributed by atoms with Crippen LogP contribution in [0, 0.1) is 6.92 Å². The van der Waals surface area contributed by atoms with E-state index in [4.69, 9.17) is 0 Å². The summed E-state index contributed by atoms with van der Waals surface area (Å²) in [6, 6.07) is 6.37. The number of hydrogen-bond donors (Lipinski definition) is 0. The lowest BCUT2D eigenvalue weighted by Crippen LogP contribution is -2.35. The average molecular weight is 296 g/mol. The first-order chi connectivity index (χ1) is 8.13. The second-order valence-corrected chi connectivity index (χ2v) is 5.54. The van der Waals surface area contributed by atoms with E-state index < -0.39 is 0 Å². The molecule has 1 aromatic carbocycles. The van der Waals surface area contributed by atoms with Gasteiger partial charge in [-0.1, -0.05) is 18.6 Å². The summed E-state index contributed by atoms with van der Waals surface area (Å²) in [5.41, 5.74) is 1.93. The SMILES string of the molecule is CCC1CCCN1C(=O)c1cc(C)ccc1Br. The van der Waals surface area contributed by atoms with E-state index in [1.54, 1.807) is 0 Å². The van der Waals surface area contributed by atoms with Gasteiger partial charge in [-0.2, -0.15) is 0 Å². The molecule has 0 bridgehead atoms. The van der Waals surface area contributed by atoms with Crippen LogP contribution in [0.15, 0.2) is 22.7 Å². The molecule has 0 spiro atoms. The topological polar surface area (TPSA) is 20.3 Å². The third-order valence-electron chi connectivity index (χ3n) is 3.46. The maximum absolute atomic E-state index is 12.5. The van der Waals surface area contributed by atoms with Gasteiger partial charge < -0.3 is 4.90 Å². The largest absolute Gasteiger partial charge is 0.336 e. The van der Waals surface area contributed by atoms with E-state index >= 15 is 0 Å². The first kappa shape index (κ1) is 12.6. The summed E-state index contributed by atoms with van der Waals surface area (Å²) in [5.74, 6) is 0.171. The van der Waals surface area contributed by atoms with Crippen LogP contribution in [0.25, 0.3) is 0 Å². The summed E-state index contributed by atoms with van der Waals surface area (Å²) in [5, 5.41) is 0. The number of carbonyl (C=O) groups excluding carboxylic acids is 1. The van der Waals surface area contributed by atoms with Crippen LogP contribution < -0.4 is 0 Å². The first-order valence-corrected chi connectivity index (χ1v) is 7.00. The molecule has 3 heteroatoms. The van der Waals surface area contributed by atoms with Gasteiger partial charge in [0.25, 0.3) is 5.91 Å². The highest BCUT2D eigenvalue weighted by atomic mass is 79.9. The molecule has 1 heterocycles. The number of amides is 1. The van der Waals surface area contributed by atoms with Crippen molar-refractivity contribution in [3.05, 3.63) is 33.8 Å². The third kappa shape index (κ3) is 2.54. The van der Waals surface area contributed by atoms with Crippen LogP contribution in [-0.2, 0) is 0 Å². The molecule has 17 heavy (non-hydrogen) atoms. The quantitative estimate of drug-likeness (QED) is 0.813. The second kappa shape index (κ2) is 5.21. The van der Waals surface area contributed by atoms with E-state index in [2.05, 4.69) is 22.9 Å². The number of likely N-dealkylation sites (tertiary alicyclic amines) is 1. The van der Waals surface area contributed by atoms with E-state index in [1.165, 1.54) is 0 Å². The van der Waals surface area contributed by atoms with Gasteiger partial charge in [0.1, 0.15) is 0 Å². The fraction of sp³-hybridized carbons (Fsp3) is 0.500. The number of halogens is 1. The predicted octanol–water partition coefficient (Wildman–Crippen LogP) is 3.77. The molecule has 0 aromatic heterocycles. The van der Waals surface area contributed by atoms with Crippen molar-refractivity contribution >= 4 is 21.8 Å². The van der Waals surface area contributed by atoms with Crippen LogP contribution in [-0.4, -0.2) is 23.4 Å². The zero-order valence-corrected chi connectivity index (χ0v) is 12.0. The minimum absolute atomic E-state index is 0.171. The normalized spacial score (nSPS) is 19.7. The molecule has 1 amide bonds. The van der Waals surface area contributed by atoms with Crippen molar-refractivity contribution in [3.63, 3.8) is 0 Å². The Kier molecular flexibility index (Phi) is 3.87. The van der Waals surface area contributed by atoms with Crippen molar-refractivity contribution in [2.75, 3.05) is 6.54 Å². The number of carbonyl (C=O) groups is 1. The molecular weight excluding hydrogens is 278 g/mol. The molecule has 1 aliphatic rings. The smallest absolute Gasteiger partial charge is 0.255 e. The van der Waals surface area contributed by atoms with Gasteiger partial charge in [0.2, 0.25) is 0 Å². The molecule has 0 N–H and O–H groups in total. The maximum Gasteiger partial charge on any atom is 0.255 e. The van der Waals surface area contributed by atoms with E-state index in [0.29, 0.717) is 6.04 Å². The maximum atomic E-state index is 12.5. The molecule has 2 nitrogen and oxygen atoms in total. The van der Waals surface area contributed by atoms with Gasteiger partial charge in [0.05, 0.1) is 5.56 Å². The molecule has 0 saturated carbocycles. The van der Waals surface area contributed by atoms with Crippen molar-refractivity contribution in [2.45, 2.75) is 39.2 Å². The number of nitrogens with zero attached hydrogens (tertiary/aromatic N) is 1. The molecule has 92 valence electrons. The minimum Gasteiger partial charge on any atom is -0.336 e. The fourth-order valence-electron chi connectivity index (χ4n) is 2.49. The monoisotopic (exact) mass is 295 g/mol. The number of rotatable bonds is 2. The summed E-state index contributed by atoms with van der Waals surface area (Å²) in [6.07, 6.45) is 3.33. The standard InChI is InChI=1S/C14H18BrNO/c1-3-11-5-4-8-16(11)14(17)12-9-10(2)6-7-13(12)15/h6-7,9,11H,3-5,8H2,1-2H3. The average Bonchev–Trinajstić information content (AvgIpc) is 2.79. The van der Waals surface area contributed by atoms with E-state index in [0.717, 1.165) is 41.4 Å². The van der Waals surface area contributed by atoms with Crippen LogP contribution >= 0.6 is 15.9 Å². The molecule has 1 atom stereocenters. The summed E-state index contributed by atoms with van der Waals surface area (Å²) in [4.78, 5) is 14.5. The lowest BCUT2D eigenvalue weighted by molar-refractivity contribution is 0.0732.